The van der Waals surface area contributed by atoms with Crippen molar-refractivity contribution in [2.45, 2.75) is 43.4 Å². The van der Waals surface area contributed by atoms with Gasteiger partial charge >= 0.3 is 0 Å². The molecule has 0 spiro atoms. The first-order chi connectivity index (χ1) is 18.3. The molecule has 2 atom stereocenters. The third-order valence-corrected chi connectivity index (χ3v) is 9.84. The van der Waals surface area contributed by atoms with E-state index in [0.717, 1.165) is 17.0 Å². The van der Waals surface area contributed by atoms with Gasteiger partial charge in [0.2, 0.25) is 0 Å². The minimum absolute atomic E-state index is 0.0778. The number of fused-ring (bicyclic) bond motifs is 2. The summed E-state index contributed by atoms with van der Waals surface area (Å²) in [4.78, 5) is 24.0. The van der Waals surface area contributed by atoms with Gasteiger partial charge in [-0.2, -0.15) is 9.52 Å². The van der Waals surface area contributed by atoms with Crippen LogP contribution in [0.1, 0.15) is 38.7 Å². The van der Waals surface area contributed by atoms with E-state index < -0.39 is 16.1 Å². The van der Waals surface area contributed by atoms with E-state index in [2.05, 4.69) is 48.8 Å². The number of carbonyl (C=O) groups is 1. The molecule has 2 aliphatic rings. The Morgan fingerprint density at radius 2 is 2.16 bits per heavy atom. The second-order valence-electron chi connectivity index (χ2n) is 9.50. The summed E-state index contributed by atoms with van der Waals surface area (Å²) in [7, 11) is -3.87. The molecular formula is C24H25N9O3S2. The topological polar surface area (TPSA) is 153 Å². The molecule has 1 amide bonds. The van der Waals surface area contributed by atoms with Gasteiger partial charge in [-0.25, -0.2) is 13.4 Å². The smallest absolute Gasteiger partial charge is 0.283 e. The van der Waals surface area contributed by atoms with Crippen LogP contribution in [-0.2, 0) is 29.4 Å². The number of hydrogen-bond acceptors (Lipinski definition) is 9. The number of tetrazole rings is 1. The molecule has 0 radical (unpaired) electrons. The number of benzene rings is 1. The first-order valence-electron chi connectivity index (χ1n) is 12.2. The van der Waals surface area contributed by atoms with Crippen molar-refractivity contribution in [2.75, 3.05) is 19.6 Å². The number of H-pyrrole nitrogens is 2. The highest BCUT2D eigenvalue weighted by atomic mass is 32.2. The Balaban J connectivity index is 1.28. The Morgan fingerprint density at radius 3 is 2.95 bits per heavy atom. The summed E-state index contributed by atoms with van der Waals surface area (Å²) < 4.78 is 28.7. The maximum Gasteiger partial charge on any atom is 0.283 e. The molecule has 1 aromatic carbocycles. The zero-order chi connectivity index (χ0) is 26.4. The van der Waals surface area contributed by atoms with E-state index in [1.165, 1.54) is 15.6 Å². The van der Waals surface area contributed by atoms with Gasteiger partial charge in [0, 0.05) is 66.4 Å². The Bertz CT molecular complexity index is 1650. The highest BCUT2D eigenvalue weighted by molar-refractivity contribution is 7.89. The zero-order valence-corrected chi connectivity index (χ0v) is 22.1. The van der Waals surface area contributed by atoms with Crippen molar-refractivity contribution in [3.8, 4) is 12.3 Å². The summed E-state index contributed by atoms with van der Waals surface area (Å²) >= 11 is 1.39. The van der Waals surface area contributed by atoms with Gasteiger partial charge in [-0.3, -0.25) is 4.79 Å². The first kappa shape index (κ1) is 24.7. The van der Waals surface area contributed by atoms with Crippen LogP contribution in [0.3, 0.4) is 0 Å². The van der Waals surface area contributed by atoms with Crippen LogP contribution in [0.4, 0.5) is 0 Å². The van der Waals surface area contributed by atoms with E-state index in [1.807, 2.05) is 0 Å². The van der Waals surface area contributed by atoms with Crippen molar-refractivity contribution in [2.24, 2.45) is 0 Å². The van der Waals surface area contributed by atoms with E-state index >= 15 is 0 Å². The molecule has 12 nitrogen and oxygen atoms in total. The monoisotopic (exact) mass is 551 g/mol. The number of hydrogen-bond donors (Lipinski definition) is 3. The summed E-state index contributed by atoms with van der Waals surface area (Å²) in [6, 6.07) is 6.68. The minimum Gasteiger partial charge on any atom is -0.345 e. The number of amides is 1. The Hall–Kier alpha value is -3.64. The van der Waals surface area contributed by atoms with Gasteiger partial charge < -0.3 is 15.2 Å². The number of nitrogens with zero attached hydrogens (tertiary/aromatic N) is 6. The maximum absolute atomic E-state index is 13.7. The third-order valence-electron chi connectivity index (χ3n) is 6.97. The molecule has 0 aliphatic carbocycles. The number of aromatic nitrogens is 6. The van der Waals surface area contributed by atoms with Crippen LogP contribution in [0.5, 0.6) is 0 Å². The van der Waals surface area contributed by atoms with Crippen LogP contribution < -0.4 is 5.32 Å². The normalized spacial score (nSPS) is 20.4. The van der Waals surface area contributed by atoms with E-state index in [9.17, 15) is 13.2 Å². The van der Waals surface area contributed by atoms with Gasteiger partial charge in [0.1, 0.15) is 5.03 Å². The van der Waals surface area contributed by atoms with Crippen LogP contribution in [0.15, 0.2) is 29.3 Å². The molecule has 0 saturated carbocycles. The lowest BCUT2D eigenvalue weighted by Crippen LogP contribution is -2.57. The standard InChI is InChI=1S/C24H25N9O3S2/c1-3-15-4-5-18-16(9-15)10-22(26-18)38(35,36)32-6-7-33(17(13-32)11-21-28-30-31-29-21)24(34)23-27-19-8-14(2)25-12-20(19)37-23/h1,4-5,9-10,14,17,25-26H,6-8,11-13H2,2H3,(H,28,29,30,31). The number of nitrogens with one attached hydrogen (secondary N) is 3. The number of piperazine rings is 1. The largest absolute Gasteiger partial charge is 0.345 e. The highest BCUT2D eigenvalue weighted by Gasteiger charge is 2.39. The lowest BCUT2D eigenvalue weighted by molar-refractivity contribution is 0.0561. The Labute approximate surface area is 222 Å². The summed E-state index contributed by atoms with van der Waals surface area (Å²) in [5, 5.41) is 18.7. The molecule has 1 saturated heterocycles. The second kappa shape index (κ2) is 9.59. The zero-order valence-electron chi connectivity index (χ0n) is 20.5. The van der Waals surface area contributed by atoms with Crippen LogP contribution >= 0.6 is 11.3 Å². The lowest BCUT2D eigenvalue weighted by atomic mass is 10.1. The SMILES string of the molecule is C#Cc1ccc2[nH]c(S(=O)(=O)N3CCN(C(=O)c4nc5c(s4)CNC(C)C5)C(Cc4nn[nH]n4)C3)cc2c1. The van der Waals surface area contributed by atoms with Crippen molar-refractivity contribution in [3.63, 3.8) is 0 Å². The molecule has 0 bridgehead atoms. The lowest BCUT2D eigenvalue weighted by Gasteiger charge is -2.39. The average Bonchev–Trinajstić information content (AvgIpc) is 3.67. The molecule has 2 unspecified atom stereocenters. The first-order valence-corrected chi connectivity index (χ1v) is 14.4. The number of thiazole rings is 1. The van der Waals surface area contributed by atoms with E-state index in [-0.39, 0.29) is 37.0 Å². The van der Waals surface area contributed by atoms with Gasteiger partial charge in [-0.05, 0) is 31.2 Å². The van der Waals surface area contributed by atoms with Gasteiger partial charge in [0.05, 0.1) is 11.7 Å². The van der Waals surface area contributed by atoms with Crippen molar-refractivity contribution in [1.29, 1.82) is 0 Å². The molecule has 14 heteroatoms. The molecule has 38 heavy (non-hydrogen) atoms. The molecule has 5 heterocycles. The fourth-order valence-electron chi connectivity index (χ4n) is 4.97. The van der Waals surface area contributed by atoms with E-state index in [4.69, 9.17) is 6.42 Å². The molecule has 1 fully saturated rings. The molecule has 3 N–H and O–H groups in total. The fraction of sp³-hybridized carbons (Fsp3) is 0.375. The molecule has 4 aromatic rings. The molecule has 3 aromatic heterocycles. The molecular weight excluding hydrogens is 526 g/mol. The highest BCUT2D eigenvalue weighted by Crippen LogP contribution is 2.28. The minimum atomic E-state index is -3.87. The second-order valence-corrected chi connectivity index (χ2v) is 12.5. The average molecular weight is 552 g/mol. The Morgan fingerprint density at radius 1 is 1.29 bits per heavy atom. The van der Waals surface area contributed by atoms with Crippen LogP contribution in [0, 0.1) is 12.3 Å². The van der Waals surface area contributed by atoms with Crippen molar-refractivity contribution in [1.82, 2.24) is 45.1 Å². The van der Waals surface area contributed by atoms with Crippen LogP contribution in [0.2, 0.25) is 0 Å². The van der Waals surface area contributed by atoms with Crippen molar-refractivity contribution >= 4 is 38.2 Å². The van der Waals surface area contributed by atoms with Crippen molar-refractivity contribution < 1.29 is 13.2 Å². The van der Waals surface area contributed by atoms with Gasteiger partial charge in [0.25, 0.3) is 15.9 Å². The predicted molar refractivity (Wildman–Crippen MR) is 140 cm³/mol. The third kappa shape index (κ3) is 4.47. The number of aromatic amines is 2. The molecule has 6 rings (SSSR count). The summed E-state index contributed by atoms with van der Waals surface area (Å²) in [5.41, 5.74) is 2.30. The van der Waals surface area contributed by atoms with E-state index in [0.29, 0.717) is 39.9 Å². The van der Waals surface area contributed by atoms with Crippen LogP contribution in [0.25, 0.3) is 10.9 Å². The summed E-state index contributed by atoms with van der Waals surface area (Å²) in [6.07, 6.45) is 6.51. The molecule has 2 aliphatic heterocycles. The predicted octanol–water partition coefficient (Wildman–Crippen LogP) is 0.911. The maximum atomic E-state index is 13.7. The fourth-order valence-corrected chi connectivity index (χ4v) is 7.44. The summed E-state index contributed by atoms with van der Waals surface area (Å²) in [6.45, 7) is 3.21. The van der Waals surface area contributed by atoms with Gasteiger partial charge in [-0.1, -0.05) is 11.1 Å². The van der Waals surface area contributed by atoms with E-state index in [1.54, 1.807) is 29.2 Å². The quantitative estimate of drug-likeness (QED) is 0.310. The number of terminal acetylenes is 1. The number of carbonyl (C=O) groups excluding carboxylic acids is 1. The summed E-state index contributed by atoms with van der Waals surface area (Å²) in [5.74, 6) is 2.75. The van der Waals surface area contributed by atoms with Gasteiger partial charge in [-0.15, -0.1) is 28.0 Å². The Kier molecular flexibility index (Phi) is 6.23. The number of sulfonamides is 1. The number of rotatable bonds is 5. The van der Waals surface area contributed by atoms with Crippen molar-refractivity contribution in [3.05, 3.63) is 51.2 Å². The van der Waals surface area contributed by atoms with Crippen LogP contribution in [-0.4, -0.2) is 85.8 Å². The van der Waals surface area contributed by atoms with Gasteiger partial charge in [0.15, 0.2) is 10.8 Å². The molecule has 196 valence electrons.